The van der Waals surface area contributed by atoms with Crippen LogP contribution in [-0.2, 0) is 11.0 Å². The van der Waals surface area contributed by atoms with E-state index >= 15 is 0 Å². The lowest BCUT2D eigenvalue weighted by molar-refractivity contribution is -0.140. The Labute approximate surface area is 124 Å². The maximum atomic E-state index is 12.8. The van der Waals surface area contributed by atoms with Crippen LogP contribution in [0, 0.1) is 0 Å². The summed E-state index contributed by atoms with van der Waals surface area (Å²) in [5.41, 5.74) is -0.723. The van der Waals surface area contributed by atoms with Crippen LogP contribution in [0.25, 0.3) is 0 Å². The number of benzene rings is 1. The van der Waals surface area contributed by atoms with Gasteiger partial charge < -0.3 is 9.84 Å². The fourth-order valence-electron chi connectivity index (χ4n) is 1.87. The number of aromatic nitrogens is 1. The van der Waals surface area contributed by atoms with E-state index in [1.807, 2.05) is 0 Å². The zero-order chi connectivity index (χ0) is 16.2. The first-order valence-corrected chi connectivity index (χ1v) is 6.32. The molecule has 2 aromatic rings. The maximum absolute atomic E-state index is 12.8. The van der Waals surface area contributed by atoms with E-state index in [0.717, 1.165) is 12.1 Å². The number of carboxylic acids is 1. The minimum Gasteiger partial charge on any atom is -0.492 e. The van der Waals surface area contributed by atoms with Crippen LogP contribution in [-0.4, -0.2) is 22.7 Å². The highest BCUT2D eigenvalue weighted by atomic mass is 19.4. The molecule has 1 unspecified atom stereocenters. The highest BCUT2D eigenvalue weighted by Crippen LogP contribution is 2.36. The van der Waals surface area contributed by atoms with Crippen LogP contribution < -0.4 is 4.74 Å². The predicted octanol–water partition coefficient (Wildman–Crippen LogP) is 3.35. The molecule has 4 nitrogen and oxygen atoms in total. The van der Waals surface area contributed by atoms with Crippen molar-refractivity contribution in [2.24, 2.45) is 0 Å². The van der Waals surface area contributed by atoms with Crippen molar-refractivity contribution >= 4 is 5.97 Å². The zero-order valence-corrected chi connectivity index (χ0v) is 11.2. The van der Waals surface area contributed by atoms with Gasteiger partial charge >= 0.3 is 12.1 Å². The highest BCUT2D eigenvalue weighted by molar-refractivity contribution is 5.75. The summed E-state index contributed by atoms with van der Waals surface area (Å²) in [6, 6.07) is 9.36. The van der Waals surface area contributed by atoms with E-state index in [9.17, 15) is 23.1 Å². The molecule has 1 aromatic carbocycles. The second-order valence-corrected chi connectivity index (χ2v) is 4.45. The van der Waals surface area contributed by atoms with Crippen molar-refractivity contribution in [3.8, 4) is 5.75 Å². The smallest absolute Gasteiger partial charge is 0.419 e. The molecule has 0 fully saturated rings. The number of para-hydroxylation sites is 1. The van der Waals surface area contributed by atoms with Gasteiger partial charge in [0.15, 0.2) is 0 Å². The van der Waals surface area contributed by atoms with Crippen LogP contribution in [0.15, 0.2) is 48.7 Å². The number of ether oxygens (including phenoxy) is 1. The van der Waals surface area contributed by atoms with E-state index < -0.39 is 36.0 Å². The number of pyridine rings is 1. The number of carboxylic acid groups (broad SMARTS) is 1. The van der Waals surface area contributed by atoms with Crippen molar-refractivity contribution < 1.29 is 27.8 Å². The van der Waals surface area contributed by atoms with Crippen LogP contribution in [0.3, 0.4) is 0 Å². The van der Waals surface area contributed by atoms with Gasteiger partial charge in [0.2, 0.25) is 0 Å². The second-order valence-electron chi connectivity index (χ2n) is 4.45. The summed E-state index contributed by atoms with van der Waals surface area (Å²) in [5.74, 6) is -2.78. The number of hydrogen-bond donors (Lipinski definition) is 1. The van der Waals surface area contributed by atoms with E-state index in [2.05, 4.69) is 4.98 Å². The molecular weight excluding hydrogens is 299 g/mol. The Morgan fingerprint density at radius 3 is 2.45 bits per heavy atom. The Bertz CT molecular complexity index is 644. The third-order valence-corrected chi connectivity index (χ3v) is 2.94. The lowest BCUT2D eigenvalue weighted by atomic mass is 10.1. The first-order valence-electron chi connectivity index (χ1n) is 6.32. The molecule has 7 heteroatoms. The predicted molar refractivity (Wildman–Crippen MR) is 71.6 cm³/mol. The minimum atomic E-state index is -4.57. The van der Waals surface area contributed by atoms with Crippen LogP contribution >= 0.6 is 0 Å². The number of nitrogens with zero attached hydrogens (tertiary/aromatic N) is 1. The lowest BCUT2D eigenvalue weighted by Gasteiger charge is -2.16. The number of aliphatic carboxylic acids is 1. The van der Waals surface area contributed by atoms with E-state index in [4.69, 9.17) is 4.74 Å². The van der Waals surface area contributed by atoms with Crippen molar-refractivity contribution in [2.45, 2.75) is 12.1 Å². The summed E-state index contributed by atoms with van der Waals surface area (Å²) in [4.78, 5) is 15.2. The molecule has 116 valence electrons. The summed E-state index contributed by atoms with van der Waals surface area (Å²) in [6.07, 6.45) is -3.16. The average Bonchev–Trinajstić information content (AvgIpc) is 2.47. The third kappa shape index (κ3) is 3.75. The molecule has 0 aliphatic rings. The van der Waals surface area contributed by atoms with Gasteiger partial charge in [0.1, 0.15) is 18.3 Å². The Balaban J connectivity index is 2.20. The maximum Gasteiger partial charge on any atom is 0.419 e. The monoisotopic (exact) mass is 311 g/mol. The van der Waals surface area contributed by atoms with Gasteiger partial charge in [-0.05, 0) is 24.3 Å². The fraction of sp³-hybridized carbons (Fsp3) is 0.200. The third-order valence-electron chi connectivity index (χ3n) is 2.94. The Kier molecular flexibility index (Phi) is 4.65. The zero-order valence-electron chi connectivity index (χ0n) is 11.2. The Hall–Kier alpha value is -2.57. The van der Waals surface area contributed by atoms with Crippen molar-refractivity contribution in [1.82, 2.24) is 4.98 Å². The molecule has 0 saturated heterocycles. The highest BCUT2D eigenvalue weighted by Gasteiger charge is 2.34. The largest absolute Gasteiger partial charge is 0.492 e. The van der Waals surface area contributed by atoms with Gasteiger partial charge in [-0.25, -0.2) is 0 Å². The Morgan fingerprint density at radius 1 is 1.18 bits per heavy atom. The van der Waals surface area contributed by atoms with Gasteiger partial charge in [-0.3, -0.25) is 9.78 Å². The van der Waals surface area contributed by atoms with Crippen LogP contribution in [0.2, 0.25) is 0 Å². The van der Waals surface area contributed by atoms with Crippen molar-refractivity contribution in [3.05, 3.63) is 59.9 Å². The van der Waals surface area contributed by atoms with E-state index in [1.54, 1.807) is 12.1 Å². The van der Waals surface area contributed by atoms with Gasteiger partial charge in [0.05, 0.1) is 11.3 Å². The van der Waals surface area contributed by atoms with Crippen molar-refractivity contribution in [1.29, 1.82) is 0 Å². The molecule has 0 radical (unpaired) electrons. The normalized spacial score (nSPS) is 12.7. The fourth-order valence-corrected chi connectivity index (χ4v) is 1.87. The molecule has 22 heavy (non-hydrogen) atoms. The summed E-state index contributed by atoms with van der Waals surface area (Å²) in [5, 5.41) is 9.19. The summed E-state index contributed by atoms with van der Waals surface area (Å²) < 4.78 is 43.6. The molecule has 2 rings (SSSR count). The van der Waals surface area contributed by atoms with E-state index in [-0.39, 0.29) is 5.69 Å². The van der Waals surface area contributed by atoms with Crippen LogP contribution in [0.5, 0.6) is 5.75 Å². The van der Waals surface area contributed by atoms with Gasteiger partial charge in [0.25, 0.3) is 0 Å². The van der Waals surface area contributed by atoms with Gasteiger partial charge in [-0.1, -0.05) is 18.2 Å². The Morgan fingerprint density at radius 2 is 1.86 bits per heavy atom. The lowest BCUT2D eigenvalue weighted by Crippen LogP contribution is -2.21. The molecule has 1 N–H and O–H groups in total. The van der Waals surface area contributed by atoms with Crippen LogP contribution in [0.4, 0.5) is 13.2 Å². The molecule has 0 aliphatic heterocycles. The second kappa shape index (κ2) is 6.46. The van der Waals surface area contributed by atoms with Gasteiger partial charge in [0, 0.05) is 6.20 Å². The molecule has 0 spiro atoms. The summed E-state index contributed by atoms with van der Waals surface area (Å²) in [6.45, 7) is -0.445. The molecule has 0 bridgehead atoms. The molecular formula is C15H12F3NO3. The number of carbonyl (C=O) groups is 1. The van der Waals surface area contributed by atoms with Crippen LogP contribution in [0.1, 0.15) is 17.2 Å². The summed E-state index contributed by atoms with van der Waals surface area (Å²) in [7, 11) is 0. The quantitative estimate of drug-likeness (QED) is 0.920. The summed E-state index contributed by atoms with van der Waals surface area (Å²) >= 11 is 0. The number of alkyl halides is 3. The number of hydrogen-bond acceptors (Lipinski definition) is 3. The van der Waals surface area contributed by atoms with Crippen molar-refractivity contribution in [3.63, 3.8) is 0 Å². The molecule has 1 aromatic heterocycles. The van der Waals surface area contributed by atoms with E-state index in [0.29, 0.717) is 0 Å². The number of rotatable bonds is 5. The molecule has 0 aliphatic carbocycles. The first-order chi connectivity index (χ1) is 10.4. The molecule has 1 atom stereocenters. The molecule has 1 heterocycles. The molecule has 0 saturated carbocycles. The average molecular weight is 311 g/mol. The van der Waals surface area contributed by atoms with Gasteiger partial charge in [-0.15, -0.1) is 0 Å². The topological polar surface area (TPSA) is 59.4 Å². The van der Waals surface area contributed by atoms with E-state index in [1.165, 1.54) is 24.4 Å². The minimum absolute atomic E-state index is 0.222. The first kappa shape index (κ1) is 15.8. The SMILES string of the molecule is O=C(O)C(COc1ccccc1C(F)(F)F)c1ccccn1. The standard InChI is InChI=1S/C15H12F3NO3/c16-15(17,18)11-5-1-2-7-13(11)22-9-10(14(20)21)12-6-3-4-8-19-12/h1-8,10H,9H2,(H,20,21). The van der Waals surface area contributed by atoms with Gasteiger partial charge in [-0.2, -0.15) is 13.2 Å². The number of halogens is 3. The molecule has 0 amide bonds. The van der Waals surface area contributed by atoms with Crippen molar-refractivity contribution in [2.75, 3.05) is 6.61 Å².